The molecule has 5 heteroatoms. The van der Waals surface area contributed by atoms with Gasteiger partial charge in [0, 0.05) is 6.20 Å². The summed E-state index contributed by atoms with van der Waals surface area (Å²) in [6, 6.07) is 3.22. The van der Waals surface area contributed by atoms with Crippen molar-refractivity contribution in [2.45, 2.75) is 6.54 Å². The number of anilines is 1. The fourth-order valence-electron chi connectivity index (χ4n) is 1.14. The molecular formula is C7H8N4O. The van der Waals surface area contributed by atoms with Crippen LogP contribution in [-0.2, 0) is 6.54 Å². The number of hydrazine groups is 1. The number of amides is 2. The zero-order valence-electron chi connectivity index (χ0n) is 6.32. The highest BCUT2D eigenvalue weighted by Gasteiger charge is 2.20. The molecule has 0 spiro atoms. The molecule has 0 fully saturated rings. The Bertz CT molecular complexity index is 325. The van der Waals surface area contributed by atoms with Crippen molar-refractivity contribution in [3.8, 4) is 0 Å². The molecule has 1 aromatic rings. The number of aromatic nitrogens is 1. The molecule has 1 aromatic heterocycles. The number of nitrogens with two attached hydrogens (primary N) is 1. The van der Waals surface area contributed by atoms with Crippen molar-refractivity contribution in [3.63, 3.8) is 0 Å². The lowest BCUT2D eigenvalue weighted by atomic mass is 10.2. The lowest BCUT2D eigenvalue weighted by Crippen LogP contribution is -2.48. The highest BCUT2D eigenvalue weighted by molar-refractivity contribution is 5.93. The number of urea groups is 1. The van der Waals surface area contributed by atoms with Crippen molar-refractivity contribution in [2.24, 2.45) is 5.84 Å². The molecule has 1 aliphatic rings. The van der Waals surface area contributed by atoms with E-state index in [4.69, 9.17) is 5.84 Å². The highest BCUT2D eigenvalue weighted by atomic mass is 16.2. The summed E-state index contributed by atoms with van der Waals surface area (Å²) in [5.41, 5.74) is 1.46. The van der Waals surface area contributed by atoms with Crippen LogP contribution in [0.3, 0.4) is 0 Å². The molecule has 2 rings (SSSR count). The number of rotatable bonds is 0. The first kappa shape index (κ1) is 7.05. The summed E-state index contributed by atoms with van der Waals surface area (Å²) in [4.78, 5) is 15.1. The van der Waals surface area contributed by atoms with Crippen LogP contribution in [0.25, 0.3) is 0 Å². The normalized spacial score (nSPS) is 15.4. The number of carbonyl (C=O) groups is 1. The van der Waals surface area contributed by atoms with Gasteiger partial charge in [0.2, 0.25) is 0 Å². The van der Waals surface area contributed by atoms with Crippen LogP contribution in [0.4, 0.5) is 10.5 Å². The Labute approximate surface area is 69.2 Å². The average molecular weight is 164 g/mol. The molecule has 0 radical (unpaired) electrons. The molecule has 0 saturated heterocycles. The maximum atomic E-state index is 11.0. The molecule has 2 heterocycles. The van der Waals surface area contributed by atoms with E-state index in [9.17, 15) is 4.79 Å². The number of carbonyl (C=O) groups excluding carboxylic acids is 1. The van der Waals surface area contributed by atoms with Crippen molar-refractivity contribution >= 4 is 11.7 Å². The van der Waals surface area contributed by atoms with Crippen molar-refractivity contribution in [1.82, 2.24) is 10.3 Å². The van der Waals surface area contributed by atoms with E-state index in [0.29, 0.717) is 12.2 Å². The van der Waals surface area contributed by atoms with E-state index >= 15 is 0 Å². The Hall–Kier alpha value is -1.62. The number of hydrogen-bond donors (Lipinski definition) is 2. The number of nitrogens with zero attached hydrogens (tertiary/aromatic N) is 2. The van der Waals surface area contributed by atoms with Gasteiger partial charge in [-0.2, -0.15) is 0 Å². The fraction of sp³-hybridized carbons (Fsp3) is 0.143. The smallest absolute Gasteiger partial charge is 0.331 e. The molecule has 0 aromatic carbocycles. The maximum Gasteiger partial charge on any atom is 0.336 e. The number of hydrogen-bond acceptors (Lipinski definition) is 3. The third-order valence-corrected chi connectivity index (χ3v) is 1.75. The van der Waals surface area contributed by atoms with Gasteiger partial charge in [0.25, 0.3) is 0 Å². The quantitative estimate of drug-likeness (QED) is 0.418. The molecular weight excluding hydrogens is 156 g/mol. The van der Waals surface area contributed by atoms with Gasteiger partial charge >= 0.3 is 6.03 Å². The summed E-state index contributed by atoms with van der Waals surface area (Å²) in [7, 11) is 0. The van der Waals surface area contributed by atoms with Crippen LogP contribution in [0.5, 0.6) is 0 Å². The second-order valence-corrected chi connectivity index (χ2v) is 2.50. The summed E-state index contributed by atoms with van der Waals surface area (Å²) in [5, 5.41) is 3.65. The average Bonchev–Trinajstić information content (AvgIpc) is 2.12. The van der Waals surface area contributed by atoms with Crippen molar-refractivity contribution in [3.05, 3.63) is 24.0 Å². The molecule has 0 aliphatic carbocycles. The van der Waals surface area contributed by atoms with Gasteiger partial charge in [-0.15, -0.1) is 0 Å². The zero-order valence-corrected chi connectivity index (χ0v) is 6.32. The van der Waals surface area contributed by atoms with Crippen LogP contribution in [0.15, 0.2) is 18.3 Å². The monoisotopic (exact) mass is 164 g/mol. The van der Waals surface area contributed by atoms with E-state index in [2.05, 4.69) is 10.3 Å². The molecule has 0 atom stereocenters. The SMILES string of the molecule is NN1C(=O)NCc2ncccc21. The number of pyridine rings is 1. The van der Waals surface area contributed by atoms with Crippen molar-refractivity contribution < 1.29 is 4.79 Å². The first-order valence-electron chi connectivity index (χ1n) is 3.55. The van der Waals surface area contributed by atoms with Gasteiger partial charge in [-0.3, -0.25) is 4.98 Å². The Morgan fingerprint density at radius 2 is 2.50 bits per heavy atom. The minimum absolute atomic E-state index is 0.296. The van der Waals surface area contributed by atoms with Gasteiger partial charge in [-0.1, -0.05) is 0 Å². The highest BCUT2D eigenvalue weighted by Crippen LogP contribution is 2.18. The van der Waals surface area contributed by atoms with Crippen LogP contribution in [0.2, 0.25) is 0 Å². The predicted octanol–water partition coefficient (Wildman–Crippen LogP) is -0.0151. The molecule has 1 aliphatic heterocycles. The first-order valence-corrected chi connectivity index (χ1v) is 3.55. The topological polar surface area (TPSA) is 71.2 Å². The first-order chi connectivity index (χ1) is 5.79. The lowest BCUT2D eigenvalue weighted by Gasteiger charge is -2.24. The van der Waals surface area contributed by atoms with Gasteiger partial charge in [0.15, 0.2) is 0 Å². The van der Waals surface area contributed by atoms with E-state index in [1.165, 1.54) is 0 Å². The van der Waals surface area contributed by atoms with Gasteiger partial charge in [-0.25, -0.2) is 15.6 Å². The lowest BCUT2D eigenvalue weighted by molar-refractivity contribution is 0.244. The van der Waals surface area contributed by atoms with Gasteiger partial charge in [0.1, 0.15) is 0 Å². The van der Waals surface area contributed by atoms with Crippen molar-refractivity contribution in [1.29, 1.82) is 0 Å². The van der Waals surface area contributed by atoms with Crippen LogP contribution < -0.4 is 16.2 Å². The third-order valence-electron chi connectivity index (χ3n) is 1.75. The van der Waals surface area contributed by atoms with Crippen LogP contribution in [0.1, 0.15) is 5.69 Å². The van der Waals surface area contributed by atoms with Gasteiger partial charge < -0.3 is 5.32 Å². The Morgan fingerprint density at radius 3 is 3.33 bits per heavy atom. The molecule has 3 N–H and O–H groups in total. The summed E-state index contributed by atoms with van der Waals surface area (Å²) < 4.78 is 0. The molecule has 2 amide bonds. The molecule has 62 valence electrons. The standard InChI is InChI=1S/C7H8N4O/c8-11-6-2-1-3-9-5(6)4-10-7(11)12/h1-3H,4,8H2,(H,10,12). The van der Waals surface area contributed by atoms with E-state index < -0.39 is 0 Å². The molecule has 0 bridgehead atoms. The molecule has 0 unspecified atom stereocenters. The van der Waals surface area contributed by atoms with Crippen LogP contribution in [-0.4, -0.2) is 11.0 Å². The minimum atomic E-state index is -0.296. The molecule has 0 saturated carbocycles. The summed E-state index contributed by atoms with van der Waals surface area (Å²) >= 11 is 0. The molecule has 12 heavy (non-hydrogen) atoms. The summed E-state index contributed by atoms with van der Waals surface area (Å²) in [6.45, 7) is 0.447. The number of fused-ring (bicyclic) bond motifs is 1. The van der Waals surface area contributed by atoms with E-state index in [1.807, 2.05) is 0 Å². The van der Waals surface area contributed by atoms with E-state index in [0.717, 1.165) is 10.7 Å². The second-order valence-electron chi connectivity index (χ2n) is 2.50. The fourth-order valence-corrected chi connectivity index (χ4v) is 1.14. The van der Waals surface area contributed by atoms with Gasteiger partial charge in [-0.05, 0) is 12.1 Å². The minimum Gasteiger partial charge on any atom is -0.331 e. The van der Waals surface area contributed by atoms with Crippen molar-refractivity contribution in [2.75, 3.05) is 5.01 Å². The van der Waals surface area contributed by atoms with E-state index in [-0.39, 0.29) is 6.03 Å². The largest absolute Gasteiger partial charge is 0.336 e. The van der Waals surface area contributed by atoms with Crippen LogP contribution in [0, 0.1) is 0 Å². The Kier molecular flexibility index (Phi) is 1.44. The Morgan fingerprint density at radius 1 is 1.67 bits per heavy atom. The summed E-state index contributed by atoms with van der Waals surface area (Å²) in [5.74, 6) is 5.47. The Balaban J connectivity index is 2.48. The van der Waals surface area contributed by atoms with Gasteiger partial charge in [0.05, 0.1) is 17.9 Å². The number of nitrogens with one attached hydrogen (secondary N) is 1. The van der Waals surface area contributed by atoms with Crippen LogP contribution >= 0.6 is 0 Å². The predicted molar refractivity (Wildman–Crippen MR) is 43.1 cm³/mol. The second kappa shape index (κ2) is 2.46. The van der Waals surface area contributed by atoms with E-state index in [1.54, 1.807) is 18.3 Å². The third kappa shape index (κ3) is 0.911. The maximum absolute atomic E-state index is 11.0. The summed E-state index contributed by atoms with van der Waals surface area (Å²) in [6.07, 6.45) is 1.67. The molecule has 5 nitrogen and oxygen atoms in total. The zero-order chi connectivity index (χ0) is 8.55.